The maximum Gasteiger partial charge on any atom is 0.153 e. The van der Waals surface area contributed by atoms with Crippen molar-refractivity contribution < 1.29 is 13.9 Å². The van der Waals surface area contributed by atoms with Gasteiger partial charge in [0.1, 0.15) is 5.75 Å². The largest absolute Gasteiger partial charge is 0.494 e. The Hall–Kier alpha value is -0.420. The molecule has 0 unspecified atom stereocenters. The van der Waals surface area contributed by atoms with Gasteiger partial charge in [-0.1, -0.05) is 0 Å². The van der Waals surface area contributed by atoms with Crippen LogP contribution in [0.1, 0.15) is 10.4 Å². The third-order valence-electron chi connectivity index (χ3n) is 1.48. The molecule has 0 N–H and O–H groups in total. The van der Waals surface area contributed by atoms with Gasteiger partial charge in [0.05, 0.1) is 21.6 Å². The number of ether oxygens (including phenoxy) is 1. The first kappa shape index (κ1) is 10.7. The number of aldehydes is 1. The molecular formula is C8H5Br2FO2. The normalized spacial score (nSPS) is 9.85. The van der Waals surface area contributed by atoms with E-state index in [1.165, 1.54) is 13.2 Å². The topological polar surface area (TPSA) is 26.3 Å². The van der Waals surface area contributed by atoms with Gasteiger partial charge in [0, 0.05) is 0 Å². The molecule has 0 aromatic heterocycles. The molecule has 70 valence electrons. The highest BCUT2D eigenvalue weighted by Crippen LogP contribution is 2.36. The zero-order valence-corrected chi connectivity index (χ0v) is 9.78. The van der Waals surface area contributed by atoms with Crippen LogP contribution >= 0.6 is 31.9 Å². The second-order valence-corrected chi connectivity index (χ2v) is 3.87. The van der Waals surface area contributed by atoms with E-state index < -0.39 is 5.82 Å². The SMILES string of the molecule is COc1c(Br)cc(C=O)c(F)c1Br. The van der Waals surface area contributed by atoms with Crippen LogP contribution in [0.15, 0.2) is 15.0 Å². The van der Waals surface area contributed by atoms with Gasteiger partial charge in [-0.2, -0.15) is 0 Å². The van der Waals surface area contributed by atoms with E-state index in [-0.39, 0.29) is 10.0 Å². The fourth-order valence-corrected chi connectivity index (χ4v) is 2.35. The Balaban J connectivity index is 3.45. The summed E-state index contributed by atoms with van der Waals surface area (Å²) in [5, 5.41) is 0. The minimum absolute atomic E-state index is 0.0143. The quantitative estimate of drug-likeness (QED) is 0.619. The predicted molar refractivity (Wildman–Crippen MR) is 53.7 cm³/mol. The molecule has 0 radical (unpaired) electrons. The van der Waals surface area contributed by atoms with E-state index in [0.29, 0.717) is 16.5 Å². The monoisotopic (exact) mass is 310 g/mol. The molecule has 0 fully saturated rings. The summed E-state index contributed by atoms with van der Waals surface area (Å²) in [5.74, 6) is -0.279. The first-order chi connectivity index (χ1) is 6.11. The van der Waals surface area contributed by atoms with Gasteiger partial charge in [-0.3, -0.25) is 4.79 Å². The van der Waals surface area contributed by atoms with Crippen LogP contribution in [-0.4, -0.2) is 13.4 Å². The van der Waals surface area contributed by atoms with Gasteiger partial charge in [-0.05, 0) is 37.9 Å². The second-order valence-electron chi connectivity index (χ2n) is 2.23. The molecule has 0 saturated carbocycles. The number of methoxy groups -OCH3 is 1. The summed E-state index contributed by atoms with van der Waals surface area (Å²) in [4.78, 5) is 10.4. The van der Waals surface area contributed by atoms with Crippen molar-refractivity contribution in [3.8, 4) is 5.75 Å². The minimum atomic E-state index is -0.616. The van der Waals surface area contributed by atoms with E-state index in [4.69, 9.17) is 4.74 Å². The van der Waals surface area contributed by atoms with Crippen LogP contribution in [0, 0.1) is 5.82 Å². The first-order valence-electron chi connectivity index (χ1n) is 3.28. The highest BCUT2D eigenvalue weighted by molar-refractivity contribution is 9.11. The van der Waals surface area contributed by atoms with Crippen molar-refractivity contribution in [2.45, 2.75) is 0 Å². The summed E-state index contributed by atoms with van der Waals surface area (Å²) in [6, 6.07) is 1.37. The van der Waals surface area contributed by atoms with Gasteiger partial charge < -0.3 is 4.74 Å². The van der Waals surface area contributed by atoms with Gasteiger partial charge in [0.25, 0.3) is 0 Å². The lowest BCUT2D eigenvalue weighted by Gasteiger charge is -2.07. The van der Waals surface area contributed by atoms with Gasteiger partial charge in [0.15, 0.2) is 12.1 Å². The van der Waals surface area contributed by atoms with Crippen molar-refractivity contribution in [2.24, 2.45) is 0 Å². The number of carbonyl (C=O) groups excluding carboxylic acids is 1. The molecule has 1 aromatic carbocycles. The highest BCUT2D eigenvalue weighted by Gasteiger charge is 2.15. The van der Waals surface area contributed by atoms with Crippen LogP contribution in [0.4, 0.5) is 4.39 Å². The summed E-state index contributed by atoms with van der Waals surface area (Å²) in [7, 11) is 1.42. The third kappa shape index (κ3) is 1.91. The summed E-state index contributed by atoms with van der Waals surface area (Å²) >= 11 is 6.15. The molecule has 0 heterocycles. The fourth-order valence-electron chi connectivity index (χ4n) is 0.870. The lowest BCUT2D eigenvalue weighted by atomic mass is 10.2. The number of rotatable bonds is 2. The Morgan fingerprint density at radius 3 is 2.62 bits per heavy atom. The van der Waals surface area contributed by atoms with Crippen LogP contribution in [0.5, 0.6) is 5.75 Å². The minimum Gasteiger partial charge on any atom is -0.494 e. The molecule has 0 spiro atoms. The van der Waals surface area contributed by atoms with Crippen LogP contribution in [0.2, 0.25) is 0 Å². The average Bonchev–Trinajstić information content (AvgIpc) is 2.12. The van der Waals surface area contributed by atoms with E-state index in [0.717, 1.165) is 0 Å². The maximum absolute atomic E-state index is 13.3. The Kier molecular flexibility index (Phi) is 3.44. The molecule has 0 amide bonds. The Morgan fingerprint density at radius 1 is 1.54 bits per heavy atom. The van der Waals surface area contributed by atoms with Crippen molar-refractivity contribution in [3.05, 3.63) is 26.4 Å². The molecule has 2 nitrogen and oxygen atoms in total. The van der Waals surface area contributed by atoms with Gasteiger partial charge in [-0.25, -0.2) is 4.39 Å². The molecule has 0 aliphatic heterocycles. The van der Waals surface area contributed by atoms with Crippen molar-refractivity contribution in [2.75, 3.05) is 7.11 Å². The van der Waals surface area contributed by atoms with E-state index in [1.54, 1.807) is 0 Å². The summed E-state index contributed by atoms with van der Waals surface area (Å²) in [5.41, 5.74) is -0.0143. The number of hydrogen-bond acceptors (Lipinski definition) is 2. The van der Waals surface area contributed by atoms with E-state index in [1.807, 2.05) is 0 Å². The predicted octanol–water partition coefficient (Wildman–Crippen LogP) is 3.17. The smallest absolute Gasteiger partial charge is 0.153 e. The van der Waals surface area contributed by atoms with E-state index in [2.05, 4.69) is 31.9 Å². The Labute approximate surface area is 91.3 Å². The van der Waals surface area contributed by atoms with Gasteiger partial charge in [0.2, 0.25) is 0 Å². The lowest BCUT2D eigenvalue weighted by molar-refractivity contribution is 0.111. The van der Waals surface area contributed by atoms with E-state index in [9.17, 15) is 9.18 Å². The molecule has 0 aliphatic rings. The zero-order chi connectivity index (χ0) is 10.0. The molecule has 0 bridgehead atoms. The Morgan fingerprint density at radius 2 is 2.15 bits per heavy atom. The average molecular weight is 312 g/mol. The zero-order valence-electron chi connectivity index (χ0n) is 6.61. The van der Waals surface area contributed by atoms with Crippen molar-refractivity contribution in [3.63, 3.8) is 0 Å². The van der Waals surface area contributed by atoms with Gasteiger partial charge in [-0.15, -0.1) is 0 Å². The molecule has 0 atom stereocenters. The van der Waals surface area contributed by atoms with Crippen LogP contribution in [-0.2, 0) is 0 Å². The summed E-state index contributed by atoms with van der Waals surface area (Å²) in [6.45, 7) is 0. The van der Waals surface area contributed by atoms with E-state index >= 15 is 0 Å². The maximum atomic E-state index is 13.3. The molecular weight excluding hydrogens is 307 g/mol. The molecule has 1 aromatic rings. The fraction of sp³-hybridized carbons (Fsp3) is 0.125. The van der Waals surface area contributed by atoms with Crippen molar-refractivity contribution in [1.29, 1.82) is 0 Å². The van der Waals surface area contributed by atoms with Crippen LogP contribution in [0.3, 0.4) is 0 Å². The molecule has 0 aliphatic carbocycles. The molecule has 0 saturated heterocycles. The summed E-state index contributed by atoms with van der Waals surface area (Å²) < 4.78 is 18.8. The van der Waals surface area contributed by atoms with Gasteiger partial charge >= 0.3 is 0 Å². The summed E-state index contributed by atoms with van der Waals surface area (Å²) in [6.07, 6.45) is 0.449. The third-order valence-corrected chi connectivity index (χ3v) is 2.77. The lowest BCUT2D eigenvalue weighted by Crippen LogP contribution is -1.94. The highest BCUT2D eigenvalue weighted by atomic mass is 79.9. The standard InChI is InChI=1S/C8H5Br2FO2/c1-13-8-5(9)2-4(3-12)7(11)6(8)10/h2-3H,1H3. The Bertz CT molecular complexity index is 352. The van der Waals surface area contributed by atoms with Crippen molar-refractivity contribution in [1.82, 2.24) is 0 Å². The van der Waals surface area contributed by atoms with Crippen molar-refractivity contribution >= 4 is 38.1 Å². The van der Waals surface area contributed by atoms with Crippen LogP contribution < -0.4 is 4.74 Å². The second kappa shape index (κ2) is 4.19. The molecule has 13 heavy (non-hydrogen) atoms. The number of benzene rings is 1. The molecule has 1 rings (SSSR count). The first-order valence-corrected chi connectivity index (χ1v) is 4.87. The number of carbonyl (C=O) groups is 1. The number of hydrogen-bond donors (Lipinski definition) is 0. The van der Waals surface area contributed by atoms with Crippen LogP contribution in [0.25, 0.3) is 0 Å². The number of halogens is 3. The molecule has 5 heteroatoms.